The Morgan fingerprint density at radius 3 is 2.56 bits per heavy atom. The molecule has 0 radical (unpaired) electrons. The van der Waals surface area contributed by atoms with Crippen molar-refractivity contribution in [2.45, 2.75) is 0 Å². The minimum atomic E-state index is -0.419. The number of allylic oxidation sites excluding steroid dienone is 2. The summed E-state index contributed by atoms with van der Waals surface area (Å²) in [5.74, 6) is -0.833. The van der Waals surface area contributed by atoms with E-state index in [1.807, 2.05) is 18.2 Å². The summed E-state index contributed by atoms with van der Waals surface area (Å²) >= 11 is 0. The van der Waals surface area contributed by atoms with E-state index in [1.54, 1.807) is 18.2 Å². The summed E-state index contributed by atoms with van der Waals surface area (Å²) in [6.45, 7) is 0.689. The average molecular weight is 211 g/mol. The van der Waals surface area contributed by atoms with E-state index in [4.69, 9.17) is 0 Å². The molecule has 1 aliphatic heterocycles. The topological polar surface area (TPSA) is 46.2 Å². The fourth-order valence-corrected chi connectivity index (χ4v) is 2.09. The molecule has 1 N–H and O–H groups in total. The smallest absolute Gasteiger partial charge is 0.235 e. The van der Waals surface area contributed by atoms with Gasteiger partial charge in [-0.25, -0.2) is 0 Å². The number of rotatable bonds is 0. The molecule has 0 saturated heterocycles. The van der Waals surface area contributed by atoms with E-state index in [2.05, 4.69) is 5.32 Å². The number of dihydropyridines is 1. The van der Waals surface area contributed by atoms with Crippen LogP contribution in [-0.2, 0) is 4.79 Å². The van der Waals surface area contributed by atoms with Gasteiger partial charge >= 0.3 is 0 Å². The summed E-state index contributed by atoms with van der Waals surface area (Å²) in [4.78, 5) is 23.6. The van der Waals surface area contributed by atoms with Gasteiger partial charge in [-0.15, -0.1) is 0 Å². The zero-order chi connectivity index (χ0) is 11.1. The number of ketones is 2. The lowest BCUT2D eigenvalue weighted by Crippen LogP contribution is -2.30. The van der Waals surface area contributed by atoms with E-state index in [-0.39, 0.29) is 0 Å². The molecule has 0 aromatic heterocycles. The van der Waals surface area contributed by atoms with E-state index in [1.165, 1.54) is 0 Å². The Labute approximate surface area is 92.5 Å². The van der Waals surface area contributed by atoms with E-state index in [0.717, 1.165) is 11.3 Å². The highest BCUT2D eigenvalue weighted by atomic mass is 16.2. The van der Waals surface area contributed by atoms with Crippen molar-refractivity contribution in [2.24, 2.45) is 0 Å². The van der Waals surface area contributed by atoms with Crippen molar-refractivity contribution in [3.8, 4) is 0 Å². The number of carbonyl (C=O) groups is 2. The van der Waals surface area contributed by atoms with E-state index in [0.29, 0.717) is 17.7 Å². The monoisotopic (exact) mass is 211 g/mol. The lowest BCUT2D eigenvalue weighted by atomic mass is 9.86. The minimum absolute atomic E-state index is 0.414. The van der Waals surface area contributed by atoms with E-state index < -0.39 is 11.6 Å². The fourth-order valence-electron chi connectivity index (χ4n) is 2.09. The number of fused-ring (bicyclic) bond motifs is 2. The molecular formula is C13H9NO2. The number of carbonyl (C=O) groups excluding carboxylic acids is 2. The molecule has 1 aliphatic carbocycles. The van der Waals surface area contributed by atoms with Gasteiger partial charge in [-0.2, -0.15) is 0 Å². The Hall–Kier alpha value is -2.16. The lowest BCUT2D eigenvalue weighted by molar-refractivity contribution is -0.111. The molecule has 0 fully saturated rings. The third-order valence-electron chi connectivity index (χ3n) is 2.84. The predicted octanol–water partition coefficient (Wildman–Crippen LogP) is 1.32. The number of Topliss-reactive ketones (excluding diaryl/α,β-unsaturated/α-hetero) is 2. The highest BCUT2D eigenvalue weighted by molar-refractivity contribution is 6.53. The highest BCUT2D eigenvalue weighted by Crippen LogP contribution is 2.29. The van der Waals surface area contributed by atoms with Crippen molar-refractivity contribution in [1.29, 1.82) is 0 Å². The molecule has 0 atom stereocenters. The number of hydrogen-bond donors (Lipinski definition) is 1. The number of hydrogen-bond acceptors (Lipinski definition) is 3. The Kier molecular flexibility index (Phi) is 1.80. The highest BCUT2D eigenvalue weighted by Gasteiger charge is 2.31. The number of benzene rings is 1. The van der Waals surface area contributed by atoms with E-state index in [9.17, 15) is 9.59 Å². The quantitative estimate of drug-likeness (QED) is 0.658. The first-order valence-electron chi connectivity index (χ1n) is 5.12. The van der Waals surface area contributed by atoms with Gasteiger partial charge in [0.2, 0.25) is 11.6 Å². The van der Waals surface area contributed by atoms with Crippen LogP contribution in [0.15, 0.2) is 42.0 Å². The second kappa shape index (κ2) is 3.17. The maximum atomic E-state index is 11.8. The largest absolute Gasteiger partial charge is 0.380 e. The molecule has 0 bridgehead atoms. The zero-order valence-electron chi connectivity index (χ0n) is 8.49. The molecule has 2 aliphatic rings. The van der Waals surface area contributed by atoms with Gasteiger partial charge in [0.1, 0.15) is 0 Å². The third kappa shape index (κ3) is 1.08. The molecule has 0 amide bonds. The van der Waals surface area contributed by atoms with Crippen molar-refractivity contribution >= 4 is 17.3 Å². The van der Waals surface area contributed by atoms with Crippen LogP contribution < -0.4 is 5.32 Å². The molecule has 0 unspecified atom stereocenters. The van der Waals surface area contributed by atoms with Crippen LogP contribution in [0.5, 0.6) is 0 Å². The van der Waals surface area contributed by atoms with Gasteiger partial charge in [0, 0.05) is 23.2 Å². The zero-order valence-corrected chi connectivity index (χ0v) is 8.49. The molecule has 0 spiro atoms. The summed E-state index contributed by atoms with van der Waals surface area (Å²) in [6, 6.07) is 7.20. The van der Waals surface area contributed by atoms with Crippen molar-refractivity contribution in [3.05, 3.63) is 53.1 Å². The molecule has 0 saturated carbocycles. The summed E-state index contributed by atoms with van der Waals surface area (Å²) in [6.07, 6.45) is 3.57. The first-order valence-corrected chi connectivity index (χ1v) is 5.12. The van der Waals surface area contributed by atoms with Gasteiger partial charge in [-0.1, -0.05) is 36.4 Å². The van der Waals surface area contributed by atoms with Crippen molar-refractivity contribution in [2.75, 3.05) is 6.54 Å². The van der Waals surface area contributed by atoms with Crippen molar-refractivity contribution in [1.82, 2.24) is 5.32 Å². The molecule has 3 heteroatoms. The second-order valence-electron chi connectivity index (χ2n) is 3.78. The summed E-state index contributed by atoms with van der Waals surface area (Å²) in [7, 11) is 0. The van der Waals surface area contributed by atoms with Gasteiger partial charge in [0.15, 0.2) is 0 Å². The van der Waals surface area contributed by atoms with E-state index >= 15 is 0 Å². The number of nitrogens with one attached hydrogen (secondary N) is 1. The Morgan fingerprint density at radius 2 is 1.75 bits per heavy atom. The Morgan fingerprint density at radius 1 is 1.00 bits per heavy atom. The summed E-state index contributed by atoms with van der Waals surface area (Å²) in [5, 5.41) is 3.15. The molecule has 3 nitrogen and oxygen atoms in total. The lowest BCUT2D eigenvalue weighted by Gasteiger charge is -2.23. The van der Waals surface area contributed by atoms with Crippen LogP contribution in [0.2, 0.25) is 0 Å². The SMILES string of the molecule is O=C1C(=O)c2ccccc2C2=C1C=CCN2. The van der Waals surface area contributed by atoms with Gasteiger partial charge in [-0.05, 0) is 0 Å². The third-order valence-corrected chi connectivity index (χ3v) is 2.84. The Balaban J connectivity index is 2.33. The van der Waals surface area contributed by atoms with Gasteiger partial charge in [0.25, 0.3) is 0 Å². The van der Waals surface area contributed by atoms with Crippen LogP contribution in [-0.4, -0.2) is 18.1 Å². The van der Waals surface area contributed by atoms with Crippen molar-refractivity contribution < 1.29 is 9.59 Å². The fraction of sp³-hybridized carbons (Fsp3) is 0.0769. The first-order chi connectivity index (χ1) is 7.79. The molecular weight excluding hydrogens is 202 g/mol. The predicted molar refractivity (Wildman–Crippen MR) is 59.8 cm³/mol. The van der Waals surface area contributed by atoms with Gasteiger partial charge in [0.05, 0.1) is 5.70 Å². The minimum Gasteiger partial charge on any atom is -0.380 e. The first kappa shape index (κ1) is 9.09. The standard InChI is InChI=1S/C13H9NO2/c15-12-9-5-2-1-4-8(9)11-10(13(12)16)6-3-7-14-11/h1-6,14H,7H2. The van der Waals surface area contributed by atoms with Crippen LogP contribution in [0.25, 0.3) is 5.70 Å². The molecule has 1 aromatic rings. The van der Waals surface area contributed by atoms with Crippen LogP contribution in [0.4, 0.5) is 0 Å². The van der Waals surface area contributed by atoms with Crippen LogP contribution in [0, 0.1) is 0 Å². The second-order valence-corrected chi connectivity index (χ2v) is 3.78. The van der Waals surface area contributed by atoms with Gasteiger partial charge < -0.3 is 5.32 Å². The molecule has 78 valence electrons. The molecule has 3 rings (SSSR count). The summed E-state index contributed by atoms with van der Waals surface area (Å²) < 4.78 is 0. The molecule has 1 aromatic carbocycles. The van der Waals surface area contributed by atoms with Crippen molar-refractivity contribution in [3.63, 3.8) is 0 Å². The average Bonchev–Trinajstić information content (AvgIpc) is 2.36. The maximum absolute atomic E-state index is 11.8. The normalized spacial score (nSPS) is 18.0. The van der Waals surface area contributed by atoms with Crippen LogP contribution in [0.3, 0.4) is 0 Å². The van der Waals surface area contributed by atoms with Crippen LogP contribution in [0.1, 0.15) is 15.9 Å². The molecule has 1 heterocycles. The van der Waals surface area contributed by atoms with Crippen LogP contribution >= 0.6 is 0 Å². The molecule has 16 heavy (non-hydrogen) atoms. The van der Waals surface area contributed by atoms with Gasteiger partial charge in [-0.3, -0.25) is 9.59 Å². The Bertz CT molecular complexity index is 567. The maximum Gasteiger partial charge on any atom is 0.235 e. The summed E-state index contributed by atoms with van der Waals surface area (Å²) in [5.41, 5.74) is 2.58.